The summed E-state index contributed by atoms with van der Waals surface area (Å²) in [5.74, 6) is -0.149. The normalized spacial score (nSPS) is 19.8. The van der Waals surface area contributed by atoms with Crippen LogP contribution in [0.4, 0.5) is 13.2 Å². The standard InChI is InChI=1S/C18H19F3N4O3/c19-18(20,21)12-3-8-16(22-10-12)28-14-6-4-13(5-7-14)24-15(26)11-25-17(27)2-1-9-23-25/h1-3,8-10,13-14H,4-7,11H2,(H,24,26). The second-order valence-electron chi connectivity index (χ2n) is 6.56. The number of nitrogens with one attached hydrogen (secondary N) is 1. The molecule has 1 fully saturated rings. The lowest BCUT2D eigenvalue weighted by Gasteiger charge is -2.29. The molecule has 0 unspecified atom stereocenters. The average molecular weight is 396 g/mol. The number of amides is 1. The molecule has 2 aromatic heterocycles. The number of pyridine rings is 1. The molecule has 7 nitrogen and oxygen atoms in total. The second-order valence-corrected chi connectivity index (χ2v) is 6.56. The van der Waals surface area contributed by atoms with Gasteiger partial charge < -0.3 is 10.1 Å². The van der Waals surface area contributed by atoms with Crippen LogP contribution in [0, 0.1) is 0 Å². The number of halogens is 3. The monoisotopic (exact) mass is 396 g/mol. The maximum absolute atomic E-state index is 12.5. The minimum atomic E-state index is -4.43. The Balaban J connectivity index is 1.45. The van der Waals surface area contributed by atoms with E-state index in [-0.39, 0.29) is 36.0 Å². The van der Waals surface area contributed by atoms with E-state index in [1.165, 1.54) is 24.4 Å². The molecule has 0 saturated heterocycles. The summed E-state index contributed by atoms with van der Waals surface area (Å²) in [6.45, 7) is -0.147. The Morgan fingerprint density at radius 1 is 1.21 bits per heavy atom. The van der Waals surface area contributed by atoms with Crippen LogP contribution in [-0.2, 0) is 17.5 Å². The molecule has 150 valence electrons. The highest BCUT2D eigenvalue weighted by Crippen LogP contribution is 2.30. The highest BCUT2D eigenvalue weighted by molar-refractivity contribution is 5.75. The first-order chi connectivity index (χ1) is 13.3. The number of hydrogen-bond donors (Lipinski definition) is 1. The molecule has 28 heavy (non-hydrogen) atoms. The quantitative estimate of drug-likeness (QED) is 0.837. The van der Waals surface area contributed by atoms with Crippen LogP contribution in [0.1, 0.15) is 31.2 Å². The van der Waals surface area contributed by atoms with Gasteiger partial charge in [0.1, 0.15) is 12.6 Å². The van der Waals surface area contributed by atoms with Gasteiger partial charge >= 0.3 is 6.18 Å². The Bertz CT molecular complexity index is 859. The second kappa shape index (κ2) is 8.41. The SMILES string of the molecule is O=C(Cn1ncccc1=O)NC1CCC(Oc2ccc(C(F)(F)F)cn2)CC1. The molecule has 10 heteroatoms. The highest BCUT2D eigenvalue weighted by Gasteiger charge is 2.31. The summed E-state index contributed by atoms with van der Waals surface area (Å²) in [6, 6.07) is 4.93. The van der Waals surface area contributed by atoms with Gasteiger partial charge in [-0.05, 0) is 37.8 Å². The van der Waals surface area contributed by atoms with Crippen LogP contribution in [0.2, 0.25) is 0 Å². The Labute approximate surface area is 158 Å². The molecule has 0 bridgehead atoms. The molecule has 1 amide bonds. The molecule has 0 aliphatic heterocycles. The van der Waals surface area contributed by atoms with Crippen molar-refractivity contribution in [1.82, 2.24) is 20.1 Å². The van der Waals surface area contributed by atoms with Gasteiger partial charge in [0.15, 0.2) is 0 Å². The third-order valence-corrected chi connectivity index (χ3v) is 4.47. The van der Waals surface area contributed by atoms with E-state index in [0.29, 0.717) is 25.7 Å². The van der Waals surface area contributed by atoms with Crippen LogP contribution in [0.15, 0.2) is 41.5 Å². The lowest BCUT2D eigenvalue weighted by atomic mass is 9.93. The van der Waals surface area contributed by atoms with Gasteiger partial charge in [0.05, 0.1) is 5.56 Å². The van der Waals surface area contributed by atoms with Gasteiger partial charge in [0.25, 0.3) is 5.56 Å². The van der Waals surface area contributed by atoms with E-state index in [0.717, 1.165) is 16.9 Å². The number of alkyl halides is 3. The molecule has 2 aromatic rings. The molecule has 3 rings (SSSR count). The van der Waals surface area contributed by atoms with Gasteiger partial charge in [-0.15, -0.1) is 0 Å². The first-order valence-corrected chi connectivity index (χ1v) is 8.82. The van der Waals surface area contributed by atoms with Crippen LogP contribution in [0.3, 0.4) is 0 Å². The summed E-state index contributed by atoms with van der Waals surface area (Å²) in [5.41, 5.74) is -1.17. The molecule has 0 spiro atoms. The van der Waals surface area contributed by atoms with Crippen molar-refractivity contribution in [3.63, 3.8) is 0 Å². The Kier molecular flexibility index (Phi) is 5.96. The Morgan fingerprint density at radius 2 is 1.96 bits per heavy atom. The molecule has 0 radical (unpaired) electrons. The zero-order valence-electron chi connectivity index (χ0n) is 14.9. The Hall–Kier alpha value is -2.91. The molecule has 1 N–H and O–H groups in total. The lowest BCUT2D eigenvalue weighted by molar-refractivity contribution is -0.137. The number of nitrogens with zero attached hydrogens (tertiary/aromatic N) is 3. The number of rotatable bonds is 5. The van der Waals surface area contributed by atoms with E-state index in [1.54, 1.807) is 0 Å². The summed E-state index contributed by atoms with van der Waals surface area (Å²) in [5, 5.41) is 6.71. The number of ether oxygens (including phenoxy) is 1. The van der Waals surface area contributed by atoms with Crippen molar-refractivity contribution in [2.75, 3.05) is 0 Å². The lowest BCUT2D eigenvalue weighted by Crippen LogP contribution is -2.42. The van der Waals surface area contributed by atoms with E-state index in [4.69, 9.17) is 4.74 Å². The van der Waals surface area contributed by atoms with Gasteiger partial charge in [-0.25, -0.2) is 9.67 Å². The molecule has 1 saturated carbocycles. The maximum Gasteiger partial charge on any atom is 0.417 e. The van der Waals surface area contributed by atoms with Crippen molar-refractivity contribution in [3.8, 4) is 5.88 Å². The number of carbonyl (C=O) groups is 1. The molecular weight excluding hydrogens is 377 g/mol. The number of hydrogen-bond acceptors (Lipinski definition) is 5. The third kappa shape index (κ3) is 5.30. The predicted molar refractivity (Wildman–Crippen MR) is 92.6 cm³/mol. The average Bonchev–Trinajstić information content (AvgIpc) is 2.65. The summed E-state index contributed by atoms with van der Waals surface area (Å²) in [6.07, 6.45) is 0.183. The van der Waals surface area contributed by atoms with Gasteiger partial charge in [-0.1, -0.05) is 0 Å². The van der Waals surface area contributed by atoms with E-state index < -0.39 is 11.7 Å². The fraction of sp³-hybridized carbons (Fsp3) is 0.444. The van der Waals surface area contributed by atoms with E-state index in [1.807, 2.05) is 0 Å². The minimum absolute atomic E-state index is 0.0488. The first-order valence-electron chi connectivity index (χ1n) is 8.82. The summed E-state index contributed by atoms with van der Waals surface area (Å²) >= 11 is 0. The van der Waals surface area contributed by atoms with Crippen molar-refractivity contribution in [2.24, 2.45) is 0 Å². The van der Waals surface area contributed by atoms with E-state index in [2.05, 4.69) is 15.4 Å². The maximum atomic E-state index is 12.5. The van der Waals surface area contributed by atoms with Crippen molar-refractivity contribution < 1.29 is 22.7 Å². The minimum Gasteiger partial charge on any atom is -0.474 e. The van der Waals surface area contributed by atoms with Gasteiger partial charge in [-0.3, -0.25) is 9.59 Å². The molecule has 1 aliphatic rings. The van der Waals surface area contributed by atoms with Crippen LogP contribution < -0.4 is 15.6 Å². The topological polar surface area (TPSA) is 86.1 Å². The van der Waals surface area contributed by atoms with Crippen molar-refractivity contribution in [2.45, 2.75) is 50.6 Å². The summed E-state index contributed by atoms with van der Waals surface area (Å²) < 4.78 is 44.4. The van der Waals surface area contributed by atoms with Crippen molar-refractivity contribution in [3.05, 3.63) is 52.6 Å². The largest absolute Gasteiger partial charge is 0.474 e. The number of carbonyl (C=O) groups excluding carboxylic acids is 1. The molecule has 0 atom stereocenters. The van der Waals surface area contributed by atoms with Crippen LogP contribution >= 0.6 is 0 Å². The van der Waals surface area contributed by atoms with Crippen LogP contribution in [0.5, 0.6) is 5.88 Å². The van der Waals surface area contributed by atoms with Crippen LogP contribution in [0.25, 0.3) is 0 Å². The van der Waals surface area contributed by atoms with E-state index >= 15 is 0 Å². The molecule has 1 aliphatic carbocycles. The fourth-order valence-corrected chi connectivity index (χ4v) is 3.03. The zero-order chi connectivity index (χ0) is 20.1. The highest BCUT2D eigenvalue weighted by atomic mass is 19.4. The van der Waals surface area contributed by atoms with E-state index in [9.17, 15) is 22.8 Å². The van der Waals surface area contributed by atoms with Gasteiger partial charge in [0.2, 0.25) is 11.8 Å². The fourth-order valence-electron chi connectivity index (χ4n) is 3.03. The predicted octanol–water partition coefficient (Wildman–Crippen LogP) is 2.16. The summed E-state index contributed by atoms with van der Waals surface area (Å²) in [7, 11) is 0. The first kappa shape index (κ1) is 19.8. The zero-order valence-corrected chi connectivity index (χ0v) is 14.9. The van der Waals surface area contributed by atoms with Gasteiger partial charge in [-0.2, -0.15) is 18.3 Å². The summed E-state index contributed by atoms with van der Waals surface area (Å²) in [4.78, 5) is 27.4. The molecule has 2 heterocycles. The van der Waals surface area contributed by atoms with Crippen molar-refractivity contribution in [1.29, 1.82) is 0 Å². The molecular formula is C18H19F3N4O3. The third-order valence-electron chi connectivity index (χ3n) is 4.47. The van der Waals surface area contributed by atoms with Crippen LogP contribution in [-0.4, -0.2) is 32.8 Å². The number of aromatic nitrogens is 3. The molecule has 0 aromatic carbocycles. The Morgan fingerprint density at radius 3 is 2.57 bits per heavy atom. The van der Waals surface area contributed by atoms with Gasteiger partial charge in [0, 0.05) is 30.6 Å². The smallest absolute Gasteiger partial charge is 0.417 e. The van der Waals surface area contributed by atoms with Crippen molar-refractivity contribution >= 4 is 5.91 Å².